The zero-order valence-corrected chi connectivity index (χ0v) is 14.3. The van der Waals surface area contributed by atoms with Gasteiger partial charge in [0.1, 0.15) is 5.82 Å². The van der Waals surface area contributed by atoms with Crippen molar-refractivity contribution in [3.8, 4) is 0 Å². The number of amides is 1. The van der Waals surface area contributed by atoms with E-state index in [9.17, 15) is 14.0 Å². The summed E-state index contributed by atoms with van der Waals surface area (Å²) in [6.45, 7) is 0.752. The van der Waals surface area contributed by atoms with Crippen molar-refractivity contribution < 1.29 is 28.6 Å². The number of methoxy groups -OCH3 is 1. The minimum absolute atomic E-state index is 0.0322. The van der Waals surface area contributed by atoms with Crippen molar-refractivity contribution >= 4 is 17.6 Å². The van der Waals surface area contributed by atoms with Gasteiger partial charge < -0.3 is 19.9 Å². The zero-order chi connectivity index (χ0) is 18.9. The molecule has 138 valence electrons. The van der Waals surface area contributed by atoms with Crippen LogP contribution in [0.1, 0.15) is 21.5 Å². The Labute approximate surface area is 150 Å². The average Bonchev–Trinajstić information content (AvgIpc) is 2.59. The number of carboxylic acids is 1. The van der Waals surface area contributed by atoms with Gasteiger partial charge in [-0.25, -0.2) is 4.39 Å². The van der Waals surface area contributed by atoms with Crippen molar-refractivity contribution in [1.29, 1.82) is 0 Å². The standard InChI is InChI=1S/C19H20FNO5/c1-25-7-8-26-12-15-11-14(5-6-17(15)20)19(24)21-16-4-2-3-13(9-16)10-18(22)23/h2-6,9,11H,7-8,10,12H2,1H3,(H,21,24)(H,22,23). The highest BCUT2D eigenvalue weighted by molar-refractivity contribution is 6.04. The van der Waals surface area contributed by atoms with E-state index in [1.54, 1.807) is 31.4 Å². The maximum atomic E-state index is 13.8. The highest BCUT2D eigenvalue weighted by Gasteiger charge is 2.11. The van der Waals surface area contributed by atoms with E-state index in [1.807, 2.05) is 0 Å². The van der Waals surface area contributed by atoms with Crippen LogP contribution in [0.15, 0.2) is 42.5 Å². The first kappa shape index (κ1) is 19.6. The molecule has 0 saturated heterocycles. The Morgan fingerprint density at radius 1 is 1.15 bits per heavy atom. The average molecular weight is 361 g/mol. The second-order valence-corrected chi connectivity index (χ2v) is 5.58. The van der Waals surface area contributed by atoms with Gasteiger partial charge in [-0.15, -0.1) is 0 Å². The number of halogens is 1. The SMILES string of the molecule is COCCOCc1cc(C(=O)Nc2cccc(CC(=O)O)c2)ccc1F. The number of ether oxygens (including phenoxy) is 2. The van der Waals surface area contributed by atoms with Crippen LogP contribution in [0.4, 0.5) is 10.1 Å². The second kappa shape index (κ2) is 9.65. The van der Waals surface area contributed by atoms with Crippen molar-refractivity contribution in [2.45, 2.75) is 13.0 Å². The maximum Gasteiger partial charge on any atom is 0.307 e. The van der Waals surface area contributed by atoms with Crippen molar-refractivity contribution in [2.24, 2.45) is 0 Å². The molecule has 0 unspecified atom stereocenters. The van der Waals surface area contributed by atoms with Gasteiger partial charge in [0.15, 0.2) is 0 Å². The summed E-state index contributed by atoms with van der Waals surface area (Å²) in [6.07, 6.45) is -0.136. The molecule has 2 aromatic carbocycles. The van der Waals surface area contributed by atoms with E-state index in [1.165, 1.54) is 18.2 Å². The van der Waals surface area contributed by atoms with Crippen LogP contribution in [0.25, 0.3) is 0 Å². The molecule has 0 aliphatic rings. The summed E-state index contributed by atoms with van der Waals surface area (Å²) in [5, 5.41) is 11.5. The van der Waals surface area contributed by atoms with Gasteiger partial charge >= 0.3 is 5.97 Å². The number of nitrogens with one attached hydrogen (secondary N) is 1. The number of anilines is 1. The summed E-state index contributed by atoms with van der Waals surface area (Å²) in [7, 11) is 1.54. The Hall–Kier alpha value is -2.77. The highest BCUT2D eigenvalue weighted by atomic mass is 19.1. The van der Waals surface area contributed by atoms with Crippen molar-refractivity contribution in [1.82, 2.24) is 0 Å². The van der Waals surface area contributed by atoms with Crippen LogP contribution in [-0.2, 0) is 27.3 Å². The van der Waals surface area contributed by atoms with Crippen LogP contribution in [0.5, 0.6) is 0 Å². The molecule has 0 bridgehead atoms. The molecule has 0 atom stereocenters. The fourth-order valence-electron chi connectivity index (χ4n) is 2.29. The first-order valence-electron chi connectivity index (χ1n) is 7.97. The lowest BCUT2D eigenvalue weighted by atomic mass is 10.1. The largest absolute Gasteiger partial charge is 0.481 e. The van der Waals surface area contributed by atoms with Gasteiger partial charge in [0, 0.05) is 23.9 Å². The van der Waals surface area contributed by atoms with Gasteiger partial charge in [-0.2, -0.15) is 0 Å². The van der Waals surface area contributed by atoms with E-state index in [4.69, 9.17) is 14.6 Å². The molecule has 0 aromatic heterocycles. The second-order valence-electron chi connectivity index (χ2n) is 5.58. The number of aliphatic carboxylic acids is 1. The Morgan fingerprint density at radius 2 is 1.96 bits per heavy atom. The molecular weight excluding hydrogens is 341 g/mol. The molecule has 0 aliphatic heterocycles. The number of carbonyl (C=O) groups is 2. The quantitative estimate of drug-likeness (QED) is 0.671. The van der Waals surface area contributed by atoms with Crippen LogP contribution >= 0.6 is 0 Å². The summed E-state index contributed by atoms with van der Waals surface area (Å²) in [4.78, 5) is 23.2. The minimum Gasteiger partial charge on any atom is -0.481 e. The Bertz CT molecular complexity index is 778. The molecule has 0 spiro atoms. The number of hydrogen-bond donors (Lipinski definition) is 2. The lowest BCUT2D eigenvalue weighted by Crippen LogP contribution is -2.13. The van der Waals surface area contributed by atoms with Crippen LogP contribution < -0.4 is 5.32 Å². The van der Waals surface area contributed by atoms with Gasteiger partial charge in [0.05, 0.1) is 26.2 Å². The number of carbonyl (C=O) groups excluding carboxylic acids is 1. The van der Waals surface area contributed by atoms with Gasteiger partial charge in [0.25, 0.3) is 5.91 Å². The van der Waals surface area contributed by atoms with E-state index < -0.39 is 17.7 Å². The Kier molecular flexibility index (Phi) is 7.25. The number of carboxylic acid groups (broad SMARTS) is 1. The predicted molar refractivity (Wildman–Crippen MR) is 93.7 cm³/mol. The van der Waals surface area contributed by atoms with Crippen LogP contribution in [0.3, 0.4) is 0 Å². The zero-order valence-electron chi connectivity index (χ0n) is 14.3. The van der Waals surface area contributed by atoms with Crippen molar-refractivity contribution in [3.05, 3.63) is 65.0 Å². The molecule has 0 radical (unpaired) electrons. The molecule has 2 rings (SSSR count). The lowest BCUT2D eigenvalue weighted by molar-refractivity contribution is -0.136. The Balaban J connectivity index is 2.06. The number of benzene rings is 2. The van der Waals surface area contributed by atoms with Crippen LogP contribution in [0, 0.1) is 5.82 Å². The molecule has 6 nitrogen and oxygen atoms in total. The third kappa shape index (κ3) is 5.94. The fraction of sp³-hybridized carbons (Fsp3) is 0.263. The first-order chi connectivity index (χ1) is 12.5. The van der Waals surface area contributed by atoms with E-state index in [2.05, 4.69) is 5.32 Å². The highest BCUT2D eigenvalue weighted by Crippen LogP contribution is 2.16. The topological polar surface area (TPSA) is 84.9 Å². The summed E-state index contributed by atoms with van der Waals surface area (Å²) in [6, 6.07) is 10.6. The molecule has 2 aromatic rings. The van der Waals surface area contributed by atoms with Gasteiger partial charge in [-0.3, -0.25) is 9.59 Å². The summed E-state index contributed by atoms with van der Waals surface area (Å²) in [5.41, 5.74) is 1.59. The minimum atomic E-state index is -0.954. The molecule has 0 heterocycles. The molecule has 0 fully saturated rings. The predicted octanol–water partition coefficient (Wildman–Crippen LogP) is 2.87. The molecular formula is C19H20FNO5. The molecule has 1 amide bonds. The van der Waals surface area contributed by atoms with Gasteiger partial charge in [0.2, 0.25) is 0 Å². The Morgan fingerprint density at radius 3 is 2.69 bits per heavy atom. The number of rotatable bonds is 9. The monoisotopic (exact) mass is 361 g/mol. The number of hydrogen-bond acceptors (Lipinski definition) is 4. The third-order valence-electron chi connectivity index (χ3n) is 3.54. The van der Waals surface area contributed by atoms with Crippen molar-refractivity contribution in [2.75, 3.05) is 25.6 Å². The fourth-order valence-corrected chi connectivity index (χ4v) is 2.29. The normalized spacial score (nSPS) is 10.5. The first-order valence-corrected chi connectivity index (χ1v) is 7.97. The van der Waals surface area contributed by atoms with E-state index in [0.29, 0.717) is 24.5 Å². The molecule has 2 N–H and O–H groups in total. The molecule has 0 saturated carbocycles. The lowest BCUT2D eigenvalue weighted by Gasteiger charge is -2.09. The van der Waals surface area contributed by atoms with Crippen LogP contribution in [-0.4, -0.2) is 37.3 Å². The van der Waals surface area contributed by atoms with Crippen molar-refractivity contribution in [3.63, 3.8) is 0 Å². The van der Waals surface area contributed by atoms with Crippen LogP contribution in [0.2, 0.25) is 0 Å². The maximum absolute atomic E-state index is 13.8. The van der Waals surface area contributed by atoms with E-state index in [0.717, 1.165) is 0 Å². The van der Waals surface area contributed by atoms with Gasteiger partial charge in [-0.05, 0) is 35.9 Å². The summed E-state index contributed by atoms with van der Waals surface area (Å²) in [5.74, 6) is -1.83. The molecule has 0 aliphatic carbocycles. The van der Waals surface area contributed by atoms with E-state index in [-0.39, 0.29) is 24.2 Å². The smallest absolute Gasteiger partial charge is 0.307 e. The summed E-state index contributed by atoms with van der Waals surface area (Å²) < 4.78 is 24.0. The van der Waals surface area contributed by atoms with Gasteiger partial charge in [-0.1, -0.05) is 12.1 Å². The molecule has 26 heavy (non-hydrogen) atoms. The third-order valence-corrected chi connectivity index (χ3v) is 3.54. The van der Waals surface area contributed by atoms with E-state index >= 15 is 0 Å². The summed E-state index contributed by atoms with van der Waals surface area (Å²) >= 11 is 0. The molecule has 7 heteroatoms.